The first-order valence-corrected chi connectivity index (χ1v) is 7.24. The zero-order valence-electron chi connectivity index (χ0n) is 12.3. The van der Waals surface area contributed by atoms with Crippen molar-refractivity contribution in [1.82, 2.24) is 20.1 Å². The Labute approximate surface area is 127 Å². The van der Waals surface area contributed by atoms with Crippen LogP contribution >= 0.6 is 0 Å². The number of rotatable bonds is 3. The summed E-state index contributed by atoms with van der Waals surface area (Å²) in [7, 11) is 1.45. The molecule has 0 spiro atoms. The number of H-pyrrole nitrogens is 2. The first-order chi connectivity index (χ1) is 10.7. The van der Waals surface area contributed by atoms with Crippen molar-refractivity contribution < 1.29 is 9.53 Å². The summed E-state index contributed by atoms with van der Waals surface area (Å²) in [6, 6.07) is 3.24. The van der Waals surface area contributed by atoms with Crippen LogP contribution in [0.2, 0.25) is 0 Å². The van der Waals surface area contributed by atoms with Crippen molar-refractivity contribution in [1.29, 1.82) is 0 Å². The minimum atomic E-state index is -0.289. The summed E-state index contributed by atoms with van der Waals surface area (Å²) >= 11 is 0. The molecule has 7 heteroatoms. The van der Waals surface area contributed by atoms with Crippen LogP contribution in [0.15, 0.2) is 29.3 Å². The molecule has 2 aromatic heterocycles. The molecule has 0 bridgehead atoms. The van der Waals surface area contributed by atoms with E-state index in [0.717, 1.165) is 18.5 Å². The zero-order chi connectivity index (χ0) is 15.5. The van der Waals surface area contributed by atoms with Crippen molar-refractivity contribution in [2.75, 3.05) is 20.2 Å². The summed E-state index contributed by atoms with van der Waals surface area (Å²) in [5, 5.41) is 6.95. The molecule has 3 rings (SSSR count). The maximum atomic E-state index is 12.7. The van der Waals surface area contributed by atoms with Gasteiger partial charge >= 0.3 is 0 Å². The maximum Gasteiger partial charge on any atom is 0.259 e. The minimum Gasteiger partial charge on any atom is -0.496 e. The van der Waals surface area contributed by atoms with E-state index >= 15 is 0 Å². The standard InChI is InChI=1S/C15H18N4O3/c1-22-13-7-14(20)16-8-11(13)15(21)19-6-2-3-10(9-19)12-4-5-17-18-12/h4-5,7-8,10H,2-3,6,9H2,1H3,(H,16,20)(H,17,18). The van der Waals surface area contributed by atoms with Crippen LogP contribution in [0.25, 0.3) is 0 Å². The summed E-state index contributed by atoms with van der Waals surface area (Å²) < 4.78 is 5.15. The highest BCUT2D eigenvalue weighted by Gasteiger charge is 2.27. The largest absolute Gasteiger partial charge is 0.496 e. The highest BCUT2D eigenvalue weighted by molar-refractivity contribution is 5.96. The molecule has 0 aliphatic carbocycles. The molecule has 1 aliphatic heterocycles. The number of pyridine rings is 1. The lowest BCUT2D eigenvalue weighted by atomic mass is 9.94. The van der Waals surface area contributed by atoms with Crippen molar-refractivity contribution in [2.24, 2.45) is 0 Å². The van der Waals surface area contributed by atoms with Crippen molar-refractivity contribution in [3.05, 3.63) is 46.1 Å². The van der Waals surface area contributed by atoms with Gasteiger partial charge in [-0.2, -0.15) is 5.10 Å². The quantitative estimate of drug-likeness (QED) is 0.889. The number of aromatic nitrogens is 3. The number of amides is 1. The van der Waals surface area contributed by atoms with E-state index in [1.165, 1.54) is 19.4 Å². The number of piperidine rings is 1. The third kappa shape index (κ3) is 2.74. The van der Waals surface area contributed by atoms with Gasteiger partial charge in [-0.05, 0) is 18.9 Å². The lowest BCUT2D eigenvalue weighted by Crippen LogP contribution is -2.39. The third-order valence-corrected chi connectivity index (χ3v) is 4.01. The van der Waals surface area contributed by atoms with Crippen molar-refractivity contribution >= 4 is 5.91 Å². The monoisotopic (exact) mass is 302 g/mol. The van der Waals surface area contributed by atoms with Gasteiger partial charge in [-0.3, -0.25) is 14.7 Å². The van der Waals surface area contributed by atoms with E-state index in [4.69, 9.17) is 4.74 Å². The lowest BCUT2D eigenvalue weighted by molar-refractivity contribution is 0.0702. The van der Waals surface area contributed by atoms with Gasteiger partial charge in [0, 0.05) is 43.2 Å². The number of hydrogen-bond acceptors (Lipinski definition) is 4. The van der Waals surface area contributed by atoms with Crippen molar-refractivity contribution in [3.8, 4) is 5.75 Å². The number of nitrogens with one attached hydrogen (secondary N) is 2. The number of methoxy groups -OCH3 is 1. The fourth-order valence-corrected chi connectivity index (χ4v) is 2.87. The maximum absolute atomic E-state index is 12.7. The van der Waals surface area contributed by atoms with Crippen LogP contribution in [-0.4, -0.2) is 46.2 Å². The summed E-state index contributed by atoms with van der Waals surface area (Å²) in [6.07, 6.45) is 5.10. The Kier molecular flexibility index (Phi) is 3.95. The first kappa shape index (κ1) is 14.4. The zero-order valence-corrected chi connectivity index (χ0v) is 12.3. The molecular formula is C15H18N4O3. The minimum absolute atomic E-state index is 0.127. The Balaban J connectivity index is 1.81. The molecule has 0 radical (unpaired) electrons. The predicted octanol–water partition coefficient (Wildman–Crippen LogP) is 1.13. The molecule has 2 N–H and O–H groups in total. The summed E-state index contributed by atoms with van der Waals surface area (Å²) in [5.41, 5.74) is 1.14. The fraction of sp³-hybridized carbons (Fsp3) is 0.400. The summed E-state index contributed by atoms with van der Waals surface area (Å²) in [6.45, 7) is 1.33. The predicted molar refractivity (Wildman–Crippen MR) is 80.1 cm³/mol. The smallest absolute Gasteiger partial charge is 0.259 e. The van der Waals surface area contributed by atoms with Crippen LogP contribution in [0.5, 0.6) is 5.75 Å². The Morgan fingerprint density at radius 3 is 3.09 bits per heavy atom. The number of nitrogens with zero attached hydrogens (tertiary/aromatic N) is 2. The Morgan fingerprint density at radius 2 is 2.36 bits per heavy atom. The average molecular weight is 302 g/mol. The van der Waals surface area contributed by atoms with E-state index in [2.05, 4.69) is 15.2 Å². The van der Waals surface area contributed by atoms with Gasteiger partial charge in [-0.25, -0.2) is 0 Å². The van der Waals surface area contributed by atoms with E-state index in [-0.39, 0.29) is 17.4 Å². The van der Waals surface area contributed by atoms with Gasteiger partial charge < -0.3 is 14.6 Å². The van der Waals surface area contributed by atoms with Crippen molar-refractivity contribution in [3.63, 3.8) is 0 Å². The molecule has 1 unspecified atom stereocenters. The second-order valence-electron chi connectivity index (χ2n) is 5.38. The topological polar surface area (TPSA) is 91.1 Å². The average Bonchev–Trinajstić information content (AvgIpc) is 3.08. The number of aromatic amines is 2. The number of carbonyl (C=O) groups is 1. The number of ether oxygens (including phenoxy) is 1. The van der Waals surface area contributed by atoms with E-state index in [0.29, 0.717) is 24.4 Å². The van der Waals surface area contributed by atoms with E-state index < -0.39 is 0 Å². The molecule has 116 valence electrons. The molecule has 1 aliphatic rings. The summed E-state index contributed by atoms with van der Waals surface area (Å²) in [5.74, 6) is 0.434. The molecule has 1 amide bonds. The van der Waals surface area contributed by atoms with E-state index in [1.54, 1.807) is 11.1 Å². The Hall–Kier alpha value is -2.57. The number of hydrogen-bond donors (Lipinski definition) is 2. The van der Waals surface area contributed by atoms with Gasteiger partial charge in [0.25, 0.3) is 11.5 Å². The van der Waals surface area contributed by atoms with Crippen LogP contribution in [0.4, 0.5) is 0 Å². The first-order valence-electron chi connectivity index (χ1n) is 7.24. The normalized spacial score (nSPS) is 18.2. The molecule has 1 fully saturated rings. The lowest BCUT2D eigenvalue weighted by Gasteiger charge is -2.32. The van der Waals surface area contributed by atoms with Gasteiger partial charge in [-0.1, -0.05) is 0 Å². The van der Waals surface area contributed by atoms with Gasteiger partial charge in [0.1, 0.15) is 5.75 Å². The van der Waals surface area contributed by atoms with Crippen LogP contribution in [-0.2, 0) is 0 Å². The molecular weight excluding hydrogens is 284 g/mol. The van der Waals surface area contributed by atoms with E-state index in [1.807, 2.05) is 6.07 Å². The third-order valence-electron chi connectivity index (χ3n) is 4.01. The second-order valence-corrected chi connectivity index (χ2v) is 5.38. The number of likely N-dealkylation sites (tertiary alicyclic amines) is 1. The van der Waals surface area contributed by atoms with Crippen LogP contribution in [0.1, 0.15) is 34.8 Å². The molecule has 3 heterocycles. The highest BCUT2D eigenvalue weighted by Crippen LogP contribution is 2.27. The van der Waals surface area contributed by atoms with Gasteiger partial charge in [-0.15, -0.1) is 0 Å². The van der Waals surface area contributed by atoms with Crippen LogP contribution < -0.4 is 10.3 Å². The van der Waals surface area contributed by atoms with Gasteiger partial charge in [0.2, 0.25) is 0 Å². The Bertz CT molecular complexity index is 708. The van der Waals surface area contributed by atoms with Crippen LogP contribution in [0.3, 0.4) is 0 Å². The second kappa shape index (κ2) is 6.05. The summed E-state index contributed by atoms with van der Waals surface area (Å²) in [4.78, 5) is 28.4. The SMILES string of the molecule is COc1cc(=O)[nH]cc1C(=O)N1CCCC(c2ccn[nH]2)C1. The number of carbonyl (C=O) groups excluding carboxylic acids is 1. The van der Waals surface area contributed by atoms with Crippen molar-refractivity contribution in [2.45, 2.75) is 18.8 Å². The molecule has 2 aromatic rings. The molecule has 0 saturated carbocycles. The molecule has 0 aromatic carbocycles. The fourth-order valence-electron chi connectivity index (χ4n) is 2.87. The highest BCUT2D eigenvalue weighted by atomic mass is 16.5. The molecule has 7 nitrogen and oxygen atoms in total. The molecule has 22 heavy (non-hydrogen) atoms. The Morgan fingerprint density at radius 1 is 1.50 bits per heavy atom. The van der Waals surface area contributed by atoms with Gasteiger partial charge in [0.05, 0.1) is 12.7 Å². The molecule has 1 saturated heterocycles. The molecule has 1 atom stereocenters. The van der Waals surface area contributed by atoms with E-state index in [9.17, 15) is 9.59 Å². The van der Waals surface area contributed by atoms with Gasteiger partial charge in [0.15, 0.2) is 0 Å². The van der Waals surface area contributed by atoms with Crippen LogP contribution in [0, 0.1) is 0 Å².